The summed E-state index contributed by atoms with van der Waals surface area (Å²) in [6.45, 7) is 14.4. The van der Waals surface area contributed by atoms with Gasteiger partial charge >= 0.3 is 0 Å². The van der Waals surface area contributed by atoms with Crippen molar-refractivity contribution >= 4 is 38.9 Å². The summed E-state index contributed by atoms with van der Waals surface area (Å²) in [4.78, 5) is 4.67. The van der Waals surface area contributed by atoms with Gasteiger partial charge in [0.05, 0.1) is 29.1 Å². The number of fused-ring (bicyclic) bond motifs is 4. The molecule has 1 aliphatic heterocycles. The van der Waals surface area contributed by atoms with E-state index in [9.17, 15) is 0 Å². The predicted molar refractivity (Wildman–Crippen MR) is 187 cm³/mol. The van der Waals surface area contributed by atoms with E-state index in [1.807, 2.05) is 0 Å². The normalized spacial score (nSPS) is 13.6. The molecule has 0 unspecified atom stereocenters. The Balaban J connectivity index is 1.35. The molecule has 0 saturated carbocycles. The van der Waals surface area contributed by atoms with Crippen molar-refractivity contribution in [3.8, 4) is 17.2 Å². The minimum absolute atomic E-state index is 0.0340. The number of aromatic nitrogens is 1. The van der Waals surface area contributed by atoms with Crippen LogP contribution in [0.5, 0.6) is 11.5 Å². The molecule has 0 bridgehead atoms. The Morgan fingerprint density at radius 1 is 0.545 bits per heavy atom. The van der Waals surface area contributed by atoms with Gasteiger partial charge in [-0.05, 0) is 76.6 Å². The predicted octanol–water partition coefficient (Wildman–Crippen LogP) is 10.7. The van der Waals surface area contributed by atoms with Crippen molar-refractivity contribution in [1.82, 2.24) is 4.57 Å². The summed E-state index contributed by atoms with van der Waals surface area (Å²) in [5, 5.41) is 2.46. The third kappa shape index (κ3) is 4.89. The summed E-state index contributed by atoms with van der Waals surface area (Å²) in [6, 6.07) is 39.4. The van der Waals surface area contributed by atoms with Crippen LogP contribution < -0.4 is 14.5 Å². The zero-order chi connectivity index (χ0) is 30.8. The summed E-state index contributed by atoms with van der Waals surface area (Å²) in [5.74, 6) is 1.67. The van der Waals surface area contributed by atoms with Gasteiger partial charge < -0.3 is 19.1 Å². The highest BCUT2D eigenvalue weighted by molar-refractivity contribution is 6.09. The second kappa shape index (κ2) is 10.2. The van der Waals surface area contributed by atoms with Gasteiger partial charge in [-0.2, -0.15) is 0 Å². The molecule has 1 aliphatic rings. The number of hydrogen-bond acceptors (Lipinski definition) is 3. The fourth-order valence-corrected chi connectivity index (χ4v) is 6.37. The monoisotopic (exact) mass is 579 g/mol. The van der Waals surface area contributed by atoms with Crippen LogP contribution in [0.1, 0.15) is 52.7 Å². The van der Waals surface area contributed by atoms with Crippen LogP contribution in [0.2, 0.25) is 0 Å². The maximum Gasteiger partial charge on any atom is 0.129 e. The smallest absolute Gasteiger partial charge is 0.129 e. The summed E-state index contributed by atoms with van der Waals surface area (Å²) in [7, 11) is 2.15. The van der Waals surface area contributed by atoms with Crippen LogP contribution in [-0.2, 0) is 10.8 Å². The molecule has 0 fully saturated rings. The standard InChI is InChI=1S/C40H41N3O/c1-39(2,3)27-13-12-14-29(21-27)43-35-16-9-8-15-33(35)34-20-19-31(25-38(34)43)44-32-23-28(40(4,5)6)22-30(24-32)42-26-41(7)36-17-10-11-18-37(36)42/h8-25H,26H2,1-7H3. The van der Waals surface area contributed by atoms with Gasteiger partial charge in [-0.3, -0.25) is 0 Å². The summed E-state index contributed by atoms with van der Waals surface area (Å²) in [6.07, 6.45) is 0. The molecule has 4 nitrogen and oxygen atoms in total. The number of nitrogens with zero attached hydrogens (tertiary/aromatic N) is 3. The van der Waals surface area contributed by atoms with Crippen LogP contribution >= 0.6 is 0 Å². The average Bonchev–Trinajstić information content (AvgIpc) is 3.51. The lowest BCUT2D eigenvalue weighted by atomic mass is 9.86. The highest BCUT2D eigenvalue weighted by Gasteiger charge is 2.26. The van der Waals surface area contributed by atoms with Crippen LogP contribution in [-0.4, -0.2) is 18.3 Å². The van der Waals surface area contributed by atoms with Gasteiger partial charge in [-0.1, -0.05) is 84.0 Å². The first-order valence-corrected chi connectivity index (χ1v) is 15.5. The maximum atomic E-state index is 6.75. The minimum Gasteiger partial charge on any atom is -0.457 e. The SMILES string of the molecule is CN1CN(c2cc(Oc3ccc4c5ccccc5n(-c5cccc(C(C)(C)C)c5)c4c3)cc(C(C)(C)C)c2)c2ccccc21. The molecule has 0 amide bonds. The maximum absolute atomic E-state index is 6.75. The lowest BCUT2D eigenvalue weighted by Gasteiger charge is -2.25. The van der Waals surface area contributed by atoms with Gasteiger partial charge in [0.15, 0.2) is 0 Å². The second-order valence-electron chi connectivity index (χ2n) is 14.2. The largest absolute Gasteiger partial charge is 0.457 e. The van der Waals surface area contributed by atoms with Gasteiger partial charge in [0.1, 0.15) is 11.5 Å². The molecular formula is C40H41N3O. The molecule has 2 heterocycles. The molecular weight excluding hydrogens is 538 g/mol. The Hall–Kier alpha value is -4.70. The van der Waals surface area contributed by atoms with Gasteiger partial charge in [0, 0.05) is 41.3 Å². The molecule has 6 aromatic rings. The molecule has 7 rings (SSSR count). The fourth-order valence-electron chi connectivity index (χ4n) is 6.37. The molecule has 4 heteroatoms. The number of hydrogen-bond donors (Lipinski definition) is 0. The fraction of sp³-hybridized carbons (Fsp3) is 0.250. The Morgan fingerprint density at radius 3 is 2.00 bits per heavy atom. The van der Waals surface area contributed by atoms with Crippen molar-refractivity contribution in [1.29, 1.82) is 0 Å². The van der Waals surface area contributed by atoms with Crippen LogP contribution in [0.15, 0.2) is 109 Å². The lowest BCUT2D eigenvalue weighted by molar-refractivity contribution is 0.479. The van der Waals surface area contributed by atoms with E-state index in [1.165, 1.54) is 38.8 Å². The van der Waals surface area contributed by atoms with E-state index in [-0.39, 0.29) is 10.8 Å². The van der Waals surface area contributed by atoms with Crippen LogP contribution in [0, 0.1) is 0 Å². The van der Waals surface area contributed by atoms with Crippen molar-refractivity contribution < 1.29 is 4.74 Å². The molecule has 0 radical (unpaired) electrons. The van der Waals surface area contributed by atoms with Crippen LogP contribution in [0.25, 0.3) is 27.5 Å². The molecule has 0 N–H and O–H groups in total. The first kappa shape index (κ1) is 28.1. The Kier molecular flexibility index (Phi) is 6.51. The first-order valence-electron chi connectivity index (χ1n) is 15.5. The number of rotatable bonds is 4. The second-order valence-corrected chi connectivity index (χ2v) is 14.2. The molecule has 0 aliphatic carbocycles. The van der Waals surface area contributed by atoms with Crippen LogP contribution in [0.3, 0.4) is 0 Å². The van der Waals surface area contributed by atoms with E-state index in [2.05, 4.69) is 172 Å². The lowest BCUT2D eigenvalue weighted by Crippen LogP contribution is -2.24. The van der Waals surface area contributed by atoms with Gasteiger partial charge in [-0.15, -0.1) is 0 Å². The van der Waals surface area contributed by atoms with E-state index >= 15 is 0 Å². The molecule has 0 atom stereocenters. The summed E-state index contributed by atoms with van der Waals surface area (Å²) in [5.41, 5.74) is 9.67. The Bertz CT molecular complexity index is 2020. The zero-order valence-corrected chi connectivity index (χ0v) is 26.8. The van der Waals surface area contributed by atoms with E-state index in [4.69, 9.17) is 4.74 Å². The van der Waals surface area contributed by atoms with E-state index in [0.717, 1.165) is 35.1 Å². The van der Waals surface area contributed by atoms with E-state index in [1.54, 1.807) is 0 Å². The first-order chi connectivity index (χ1) is 21.0. The Labute approximate surface area is 261 Å². The molecule has 0 spiro atoms. The molecule has 1 aromatic heterocycles. The zero-order valence-electron chi connectivity index (χ0n) is 26.8. The third-order valence-electron chi connectivity index (χ3n) is 8.86. The van der Waals surface area contributed by atoms with E-state index < -0.39 is 0 Å². The Morgan fingerprint density at radius 2 is 1.23 bits per heavy atom. The number of ether oxygens (including phenoxy) is 1. The van der Waals surface area contributed by atoms with Crippen molar-refractivity contribution in [3.05, 3.63) is 120 Å². The van der Waals surface area contributed by atoms with E-state index in [0.29, 0.717) is 0 Å². The number of anilines is 3. The van der Waals surface area contributed by atoms with Crippen molar-refractivity contribution in [2.24, 2.45) is 0 Å². The molecule has 0 saturated heterocycles. The van der Waals surface area contributed by atoms with Crippen molar-refractivity contribution in [2.75, 3.05) is 23.5 Å². The van der Waals surface area contributed by atoms with Crippen molar-refractivity contribution in [2.45, 2.75) is 52.4 Å². The van der Waals surface area contributed by atoms with Crippen LogP contribution in [0.4, 0.5) is 17.1 Å². The number of benzene rings is 5. The molecule has 44 heavy (non-hydrogen) atoms. The quantitative estimate of drug-likeness (QED) is 0.207. The van der Waals surface area contributed by atoms with Crippen molar-refractivity contribution in [3.63, 3.8) is 0 Å². The van der Waals surface area contributed by atoms with Gasteiger partial charge in [0.2, 0.25) is 0 Å². The summed E-state index contributed by atoms with van der Waals surface area (Å²) >= 11 is 0. The topological polar surface area (TPSA) is 20.6 Å². The molecule has 222 valence electrons. The van der Waals surface area contributed by atoms with Gasteiger partial charge in [0.25, 0.3) is 0 Å². The highest BCUT2D eigenvalue weighted by Crippen LogP contribution is 2.43. The highest BCUT2D eigenvalue weighted by atomic mass is 16.5. The number of para-hydroxylation sites is 3. The molecule has 5 aromatic carbocycles. The average molecular weight is 580 g/mol. The summed E-state index contributed by atoms with van der Waals surface area (Å²) < 4.78 is 9.12. The third-order valence-corrected chi connectivity index (χ3v) is 8.86. The van der Waals surface area contributed by atoms with Gasteiger partial charge in [-0.25, -0.2) is 0 Å². The minimum atomic E-state index is -0.0340.